The Kier molecular flexibility index (Phi) is 6.03. The Morgan fingerprint density at radius 3 is 2.47 bits per heavy atom. The van der Waals surface area contributed by atoms with Crippen molar-refractivity contribution in [1.29, 1.82) is 0 Å². The van der Waals surface area contributed by atoms with E-state index in [9.17, 15) is 14.4 Å². The number of piperazine rings is 1. The zero-order valence-electron chi connectivity index (χ0n) is 17.2. The van der Waals surface area contributed by atoms with Gasteiger partial charge >= 0.3 is 6.03 Å². The molecule has 1 aromatic carbocycles. The van der Waals surface area contributed by atoms with Crippen molar-refractivity contribution in [2.24, 2.45) is 0 Å². The maximum atomic E-state index is 12.8. The Balaban J connectivity index is 1.27. The predicted octanol–water partition coefficient (Wildman–Crippen LogP) is 2.35. The van der Waals surface area contributed by atoms with Crippen LogP contribution in [0.3, 0.4) is 0 Å². The summed E-state index contributed by atoms with van der Waals surface area (Å²) in [6, 6.07) is 8.61. The molecule has 1 atom stereocenters. The van der Waals surface area contributed by atoms with Gasteiger partial charge in [-0.2, -0.15) is 0 Å². The molecule has 2 aliphatic rings. The van der Waals surface area contributed by atoms with Crippen LogP contribution in [0.5, 0.6) is 0 Å². The van der Waals surface area contributed by atoms with Crippen LogP contribution in [-0.2, 0) is 4.79 Å². The van der Waals surface area contributed by atoms with Gasteiger partial charge in [0.05, 0.1) is 6.04 Å². The molecule has 1 aromatic heterocycles. The summed E-state index contributed by atoms with van der Waals surface area (Å²) in [5.41, 5.74) is 0.695. The number of benzene rings is 1. The van der Waals surface area contributed by atoms with E-state index in [2.05, 4.69) is 10.6 Å². The van der Waals surface area contributed by atoms with Crippen LogP contribution in [0.4, 0.5) is 4.79 Å². The molecule has 1 saturated heterocycles. The van der Waals surface area contributed by atoms with Gasteiger partial charge in [-0.1, -0.05) is 31.0 Å². The van der Waals surface area contributed by atoms with Crippen molar-refractivity contribution in [1.82, 2.24) is 20.4 Å². The number of hydrogen-bond donors (Lipinski definition) is 2. The van der Waals surface area contributed by atoms with Crippen molar-refractivity contribution in [2.75, 3.05) is 26.2 Å². The lowest BCUT2D eigenvalue weighted by Crippen LogP contribution is -2.56. The molecule has 1 saturated carbocycles. The van der Waals surface area contributed by atoms with Gasteiger partial charge in [0.1, 0.15) is 5.58 Å². The number of hydrogen-bond acceptors (Lipinski definition) is 5. The van der Waals surface area contributed by atoms with Gasteiger partial charge in [0.25, 0.3) is 5.91 Å². The van der Waals surface area contributed by atoms with Crippen LogP contribution in [0, 0.1) is 0 Å². The largest absolute Gasteiger partial charge is 0.451 e. The minimum Gasteiger partial charge on any atom is -0.451 e. The summed E-state index contributed by atoms with van der Waals surface area (Å²) in [5.74, 6) is -0.125. The minimum absolute atomic E-state index is 0.140. The molecule has 8 nitrogen and oxygen atoms in total. The fraction of sp³-hybridized carbons (Fsp3) is 0.500. The lowest BCUT2D eigenvalue weighted by molar-refractivity contribution is -0.125. The maximum Gasteiger partial charge on any atom is 0.321 e. The Bertz CT molecular complexity index is 893. The molecule has 0 radical (unpaired) electrons. The number of nitrogens with zero attached hydrogens (tertiary/aromatic N) is 2. The SMILES string of the molecule is CC(C(=O)NC(=O)NC1CCCC1)N1CCN(C(=O)c2cc3ccccc3o2)CC1. The van der Waals surface area contributed by atoms with Crippen LogP contribution < -0.4 is 10.6 Å². The third kappa shape index (κ3) is 4.48. The van der Waals surface area contributed by atoms with Gasteiger partial charge in [-0.25, -0.2) is 4.79 Å². The Morgan fingerprint density at radius 2 is 1.77 bits per heavy atom. The summed E-state index contributed by atoms with van der Waals surface area (Å²) in [4.78, 5) is 41.0. The molecule has 4 rings (SSSR count). The van der Waals surface area contributed by atoms with Crippen molar-refractivity contribution in [3.63, 3.8) is 0 Å². The van der Waals surface area contributed by atoms with E-state index >= 15 is 0 Å². The van der Waals surface area contributed by atoms with Crippen molar-refractivity contribution in [3.8, 4) is 0 Å². The van der Waals surface area contributed by atoms with Crippen LogP contribution in [0.2, 0.25) is 0 Å². The van der Waals surface area contributed by atoms with Crippen molar-refractivity contribution < 1.29 is 18.8 Å². The van der Waals surface area contributed by atoms with Crippen molar-refractivity contribution in [2.45, 2.75) is 44.7 Å². The standard InChI is InChI=1S/C22H28N4O4/c1-15(20(27)24-22(29)23-17-7-3-4-8-17)25-10-12-26(13-11-25)21(28)19-14-16-6-2-5-9-18(16)30-19/h2,5-6,9,14-15,17H,3-4,7-8,10-13H2,1H3,(H2,23,24,27,29). The molecule has 2 fully saturated rings. The van der Waals surface area contributed by atoms with E-state index in [0.29, 0.717) is 37.5 Å². The molecule has 0 bridgehead atoms. The summed E-state index contributed by atoms with van der Waals surface area (Å²) in [6.45, 7) is 3.91. The molecule has 8 heteroatoms. The fourth-order valence-electron chi connectivity index (χ4n) is 4.23. The third-order valence-electron chi connectivity index (χ3n) is 6.09. The smallest absolute Gasteiger partial charge is 0.321 e. The molecule has 2 aromatic rings. The van der Waals surface area contributed by atoms with Gasteiger partial charge in [0, 0.05) is 37.6 Å². The lowest BCUT2D eigenvalue weighted by Gasteiger charge is -2.37. The average Bonchev–Trinajstić information content (AvgIpc) is 3.42. The van der Waals surface area contributed by atoms with Gasteiger partial charge in [-0.15, -0.1) is 0 Å². The molecular formula is C22H28N4O4. The second kappa shape index (κ2) is 8.87. The molecule has 4 amide bonds. The normalized spacial score (nSPS) is 19.0. The first-order valence-electron chi connectivity index (χ1n) is 10.6. The summed E-state index contributed by atoms with van der Waals surface area (Å²) in [5, 5.41) is 6.22. The average molecular weight is 412 g/mol. The first-order valence-corrected chi connectivity index (χ1v) is 10.6. The molecule has 1 aliphatic heterocycles. The quantitative estimate of drug-likeness (QED) is 0.804. The molecular weight excluding hydrogens is 384 g/mol. The summed E-state index contributed by atoms with van der Waals surface area (Å²) >= 11 is 0. The van der Waals surface area contributed by atoms with Crippen LogP contribution >= 0.6 is 0 Å². The molecule has 0 spiro atoms. The first kappa shape index (κ1) is 20.4. The van der Waals surface area contributed by atoms with E-state index in [1.54, 1.807) is 17.9 Å². The van der Waals surface area contributed by atoms with Gasteiger partial charge in [-0.05, 0) is 31.9 Å². The van der Waals surface area contributed by atoms with E-state index in [-0.39, 0.29) is 17.9 Å². The number of carbonyl (C=O) groups is 3. The number of urea groups is 1. The predicted molar refractivity (Wildman–Crippen MR) is 112 cm³/mol. The van der Waals surface area contributed by atoms with E-state index in [1.165, 1.54) is 0 Å². The number of fused-ring (bicyclic) bond motifs is 1. The van der Waals surface area contributed by atoms with Gasteiger partial charge in [0.15, 0.2) is 5.76 Å². The number of rotatable bonds is 4. The van der Waals surface area contributed by atoms with Gasteiger partial charge in [0.2, 0.25) is 5.91 Å². The molecule has 2 N–H and O–H groups in total. The molecule has 2 heterocycles. The Morgan fingerprint density at radius 1 is 1.07 bits per heavy atom. The highest BCUT2D eigenvalue weighted by atomic mass is 16.3. The highest BCUT2D eigenvalue weighted by Gasteiger charge is 2.30. The van der Waals surface area contributed by atoms with Crippen LogP contribution in [0.1, 0.15) is 43.2 Å². The molecule has 1 aliphatic carbocycles. The number of imide groups is 1. The van der Waals surface area contributed by atoms with Gasteiger partial charge in [-0.3, -0.25) is 19.8 Å². The number of nitrogens with one attached hydrogen (secondary N) is 2. The van der Waals surface area contributed by atoms with Crippen LogP contribution in [0.25, 0.3) is 11.0 Å². The Labute approximate surface area is 175 Å². The van der Waals surface area contributed by atoms with E-state index in [1.807, 2.05) is 29.2 Å². The summed E-state index contributed by atoms with van der Waals surface area (Å²) < 4.78 is 5.68. The number of para-hydroxylation sites is 1. The Hall–Kier alpha value is -2.87. The van der Waals surface area contributed by atoms with Crippen molar-refractivity contribution in [3.05, 3.63) is 36.1 Å². The first-order chi connectivity index (χ1) is 14.5. The van der Waals surface area contributed by atoms with E-state index < -0.39 is 12.1 Å². The van der Waals surface area contributed by atoms with Crippen LogP contribution in [-0.4, -0.2) is 65.9 Å². The molecule has 160 valence electrons. The second-order valence-corrected chi connectivity index (χ2v) is 8.10. The number of amides is 4. The number of carbonyl (C=O) groups excluding carboxylic acids is 3. The summed E-state index contributed by atoms with van der Waals surface area (Å²) in [6.07, 6.45) is 4.18. The zero-order valence-corrected chi connectivity index (χ0v) is 17.2. The monoisotopic (exact) mass is 412 g/mol. The minimum atomic E-state index is -0.442. The molecule has 1 unspecified atom stereocenters. The van der Waals surface area contributed by atoms with Crippen molar-refractivity contribution >= 4 is 28.8 Å². The maximum absolute atomic E-state index is 12.8. The van der Waals surface area contributed by atoms with E-state index in [0.717, 1.165) is 31.1 Å². The fourth-order valence-corrected chi connectivity index (χ4v) is 4.23. The van der Waals surface area contributed by atoms with Crippen LogP contribution in [0.15, 0.2) is 34.7 Å². The topological polar surface area (TPSA) is 94.9 Å². The summed E-state index contributed by atoms with van der Waals surface area (Å²) in [7, 11) is 0. The highest BCUT2D eigenvalue weighted by molar-refractivity contribution is 5.97. The zero-order chi connectivity index (χ0) is 21.1. The lowest BCUT2D eigenvalue weighted by atomic mass is 10.2. The molecule has 30 heavy (non-hydrogen) atoms. The van der Waals surface area contributed by atoms with Gasteiger partial charge < -0.3 is 14.6 Å². The third-order valence-corrected chi connectivity index (χ3v) is 6.09. The highest BCUT2D eigenvalue weighted by Crippen LogP contribution is 2.21. The van der Waals surface area contributed by atoms with E-state index in [4.69, 9.17) is 4.42 Å². The second-order valence-electron chi connectivity index (χ2n) is 8.10. The number of furan rings is 1.